The fraction of sp³-hybridized carbons (Fsp3) is 0. The first-order chi connectivity index (χ1) is 5.88. The Balaban J connectivity index is 2.55. The Morgan fingerprint density at radius 1 is 1.33 bits per heavy atom. The smallest absolute Gasteiger partial charge is 0.191 e. The zero-order valence-corrected chi connectivity index (χ0v) is 6.05. The molecule has 2 aromatic heterocycles. The second-order valence-electron chi connectivity index (χ2n) is 2.16. The van der Waals surface area contributed by atoms with Crippen LogP contribution < -0.4 is 0 Å². The van der Waals surface area contributed by atoms with E-state index in [4.69, 9.17) is 0 Å². The van der Waals surface area contributed by atoms with E-state index in [1.807, 2.05) is 0 Å². The van der Waals surface area contributed by atoms with E-state index in [0.717, 1.165) is 0 Å². The Morgan fingerprint density at radius 3 is 2.92 bits per heavy atom. The monoisotopic (exact) mass is 164 g/mol. The van der Waals surface area contributed by atoms with Gasteiger partial charge in [0.15, 0.2) is 11.6 Å². The van der Waals surface area contributed by atoms with Crippen LogP contribution in [0.4, 0.5) is 4.39 Å². The first-order valence-corrected chi connectivity index (χ1v) is 3.35. The molecule has 0 aliphatic carbocycles. The Morgan fingerprint density at radius 2 is 2.25 bits per heavy atom. The summed E-state index contributed by atoms with van der Waals surface area (Å²) in [6.07, 6.45) is 4.50. The maximum Gasteiger partial charge on any atom is 0.191 e. The minimum atomic E-state index is -0.414. The first-order valence-electron chi connectivity index (χ1n) is 3.35. The van der Waals surface area contributed by atoms with Gasteiger partial charge in [-0.15, -0.1) is 5.10 Å². The molecule has 0 aliphatic heterocycles. The van der Waals surface area contributed by atoms with Crippen LogP contribution in [0.3, 0.4) is 0 Å². The molecule has 0 N–H and O–H groups in total. The highest BCUT2D eigenvalue weighted by Gasteiger charge is 2.03. The van der Waals surface area contributed by atoms with Gasteiger partial charge in [0.05, 0.1) is 12.4 Å². The number of rotatable bonds is 1. The van der Waals surface area contributed by atoms with E-state index in [2.05, 4.69) is 15.3 Å². The van der Waals surface area contributed by atoms with E-state index >= 15 is 0 Å². The van der Waals surface area contributed by atoms with E-state index in [1.165, 1.54) is 35.4 Å². The van der Waals surface area contributed by atoms with Crippen molar-refractivity contribution in [3.05, 3.63) is 36.5 Å². The van der Waals surface area contributed by atoms with Crippen LogP contribution in [-0.2, 0) is 0 Å². The zero-order chi connectivity index (χ0) is 8.39. The normalized spacial score (nSPS) is 10.1. The molecule has 0 saturated carbocycles. The van der Waals surface area contributed by atoms with Crippen molar-refractivity contribution in [2.45, 2.75) is 0 Å². The van der Waals surface area contributed by atoms with Crippen molar-refractivity contribution >= 4 is 0 Å². The van der Waals surface area contributed by atoms with Crippen LogP contribution >= 0.6 is 0 Å². The summed E-state index contributed by atoms with van der Waals surface area (Å²) < 4.78 is 14.3. The summed E-state index contributed by atoms with van der Waals surface area (Å²) in [4.78, 5) is 3.81. The van der Waals surface area contributed by atoms with E-state index in [0.29, 0.717) is 0 Å². The van der Waals surface area contributed by atoms with Crippen molar-refractivity contribution < 1.29 is 4.39 Å². The van der Waals surface area contributed by atoms with Crippen LogP contribution in [0.25, 0.3) is 5.82 Å². The summed E-state index contributed by atoms with van der Waals surface area (Å²) in [5.74, 6) is -0.252. The summed E-state index contributed by atoms with van der Waals surface area (Å²) in [6.45, 7) is 0. The Kier molecular flexibility index (Phi) is 1.55. The van der Waals surface area contributed by atoms with Crippen molar-refractivity contribution in [1.82, 2.24) is 20.0 Å². The van der Waals surface area contributed by atoms with E-state index < -0.39 is 5.82 Å². The van der Waals surface area contributed by atoms with Gasteiger partial charge >= 0.3 is 0 Å². The molecule has 0 amide bonds. The topological polar surface area (TPSA) is 43.6 Å². The van der Waals surface area contributed by atoms with Crippen LogP contribution in [0.5, 0.6) is 0 Å². The van der Waals surface area contributed by atoms with E-state index in [-0.39, 0.29) is 5.82 Å². The van der Waals surface area contributed by atoms with Gasteiger partial charge in [-0.1, -0.05) is 5.21 Å². The number of halogens is 1. The quantitative estimate of drug-likeness (QED) is 0.626. The van der Waals surface area contributed by atoms with Gasteiger partial charge in [-0.2, -0.15) is 4.68 Å². The predicted molar refractivity (Wildman–Crippen MR) is 39.1 cm³/mol. The Bertz CT molecular complexity index is 371. The molecule has 4 nitrogen and oxygen atoms in total. The Hall–Kier alpha value is -1.78. The highest BCUT2D eigenvalue weighted by molar-refractivity contribution is 5.21. The SMILES string of the molecule is Fc1cccnc1-n1ccnn1. The molecule has 0 unspecified atom stereocenters. The predicted octanol–water partition coefficient (Wildman–Crippen LogP) is 0.801. The molecule has 5 heteroatoms. The largest absolute Gasteiger partial charge is 0.235 e. The van der Waals surface area contributed by atoms with Gasteiger partial charge < -0.3 is 0 Å². The highest BCUT2D eigenvalue weighted by Crippen LogP contribution is 2.05. The molecule has 0 fully saturated rings. The summed E-state index contributed by atoms with van der Waals surface area (Å²) in [6, 6.07) is 2.85. The fourth-order valence-electron chi connectivity index (χ4n) is 0.867. The minimum Gasteiger partial charge on any atom is -0.235 e. The molecule has 0 saturated heterocycles. The molecule has 0 bridgehead atoms. The number of hydrogen-bond donors (Lipinski definition) is 0. The van der Waals surface area contributed by atoms with Crippen molar-refractivity contribution in [3.63, 3.8) is 0 Å². The average Bonchev–Trinajstić information content (AvgIpc) is 2.57. The van der Waals surface area contributed by atoms with E-state index in [9.17, 15) is 4.39 Å². The van der Waals surface area contributed by atoms with Gasteiger partial charge in [0.25, 0.3) is 0 Å². The van der Waals surface area contributed by atoms with E-state index in [1.54, 1.807) is 0 Å². The third-order valence-corrected chi connectivity index (χ3v) is 1.38. The zero-order valence-electron chi connectivity index (χ0n) is 6.05. The van der Waals surface area contributed by atoms with Crippen molar-refractivity contribution in [3.8, 4) is 5.82 Å². The number of nitrogens with zero attached hydrogens (tertiary/aromatic N) is 4. The highest BCUT2D eigenvalue weighted by atomic mass is 19.1. The molecule has 2 rings (SSSR count). The van der Waals surface area contributed by atoms with Crippen LogP contribution in [-0.4, -0.2) is 20.0 Å². The van der Waals surface area contributed by atoms with Crippen molar-refractivity contribution in [2.24, 2.45) is 0 Å². The first kappa shape index (κ1) is 6.90. The Labute approximate surface area is 67.7 Å². The second-order valence-corrected chi connectivity index (χ2v) is 2.16. The maximum absolute atomic E-state index is 13.0. The lowest BCUT2D eigenvalue weighted by atomic mass is 10.4. The van der Waals surface area contributed by atoms with Gasteiger partial charge in [-0.25, -0.2) is 9.37 Å². The lowest BCUT2D eigenvalue weighted by molar-refractivity contribution is 0.596. The number of hydrogen-bond acceptors (Lipinski definition) is 3. The fourth-order valence-corrected chi connectivity index (χ4v) is 0.867. The lowest BCUT2D eigenvalue weighted by Crippen LogP contribution is -2.00. The molecule has 0 aromatic carbocycles. The van der Waals surface area contributed by atoms with Gasteiger partial charge in [0.1, 0.15) is 0 Å². The summed E-state index contributed by atoms with van der Waals surface area (Å²) in [5, 5.41) is 7.16. The number of pyridine rings is 1. The third-order valence-electron chi connectivity index (χ3n) is 1.38. The molecule has 60 valence electrons. The van der Waals surface area contributed by atoms with Crippen LogP contribution in [0.2, 0.25) is 0 Å². The van der Waals surface area contributed by atoms with Crippen LogP contribution in [0.15, 0.2) is 30.7 Å². The molecular weight excluding hydrogens is 159 g/mol. The molecular formula is C7H5FN4. The van der Waals surface area contributed by atoms with Gasteiger partial charge in [0.2, 0.25) is 0 Å². The third kappa shape index (κ3) is 1.05. The standard InChI is InChI=1S/C7H5FN4/c8-6-2-1-3-9-7(6)12-5-4-10-11-12/h1-5H. The molecule has 2 aromatic rings. The van der Waals surface area contributed by atoms with Gasteiger partial charge in [0, 0.05) is 6.20 Å². The molecule has 0 spiro atoms. The van der Waals surface area contributed by atoms with Gasteiger partial charge in [-0.3, -0.25) is 0 Å². The summed E-state index contributed by atoms with van der Waals surface area (Å²) in [7, 11) is 0. The van der Waals surface area contributed by atoms with Crippen molar-refractivity contribution in [1.29, 1.82) is 0 Å². The maximum atomic E-state index is 13.0. The molecule has 0 radical (unpaired) electrons. The van der Waals surface area contributed by atoms with Gasteiger partial charge in [-0.05, 0) is 12.1 Å². The lowest BCUT2D eigenvalue weighted by Gasteiger charge is -1.97. The minimum absolute atomic E-state index is 0.162. The summed E-state index contributed by atoms with van der Waals surface area (Å²) >= 11 is 0. The van der Waals surface area contributed by atoms with Crippen LogP contribution in [0.1, 0.15) is 0 Å². The molecule has 0 aliphatic rings. The second kappa shape index (κ2) is 2.69. The number of aromatic nitrogens is 4. The average molecular weight is 164 g/mol. The molecule has 2 heterocycles. The summed E-state index contributed by atoms with van der Waals surface area (Å²) in [5.41, 5.74) is 0. The molecule has 0 atom stereocenters. The molecule has 12 heavy (non-hydrogen) atoms. The van der Waals surface area contributed by atoms with Crippen molar-refractivity contribution in [2.75, 3.05) is 0 Å². The van der Waals surface area contributed by atoms with Crippen LogP contribution in [0, 0.1) is 5.82 Å².